The third-order valence-electron chi connectivity index (χ3n) is 4.21. The molecule has 0 unspecified atom stereocenters. The molecule has 0 spiro atoms. The molecule has 0 amide bonds. The summed E-state index contributed by atoms with van der Waals surface area (Å²) in [6.45, 7) is 4.21. The van der Waals surface area contributed by atoms with Crippen LogP contribution < -0.4 is 14.8 Å². The first-order valence-electron chi connectivity index (χ1n) is 8.58. The van der Waals surface area contributed by atoms with Crippen molar-refractivity contribution in [2.75, 3.05) is 19.7 Å². The molecule has 140 valence electrons. The van der Waals surface area contributed by atoms with Crippen molar-refractivity contribution in [1.82, 2.24) is 10.3 Å². The first-order chi connectivity index (χ1) is 12.4. The van der Waals surface area contributed by atoms with E-state index in [-0.39, 0.29) is 11.6 Å². The lowest BCUT2D eigenvalue weighted by atomic mass is 10.0. The minimum Gasteiger partial charge on any atom is -0.488 e. The molecule has 0 saturated carbocycles. The summed E-state index contributed by atoms with van der Waals surface area (Å²) in [6, 6.07) is 8.26. The summed E-state index contributed by atoms with van der Waals surface area (Å²) >= 11 is 0. The fourth-order valence-electron chi connectivity index (χ4n) is 2.82. The Kier molecular flexibility index (Phi) is 5.66. The van der Waals surface area contributed by atoms with E-state index in [1.54, 1.807) is 19.1 Å². The van der Waals surface area contributed by atoms with Crippen LogP contribution in [0.15, 0.2) is 36.4 Å². The lowest BCUT2D eigenvalue weighted by Crippen LogP contribution is -2.33. The minimum atomic E-state index is -4.42. The van der Waals surface area contributed by atoms with Crippen LogP contribution in [0.3, 0.4) is 0 Å². The van der Waals surface area contributed by atoms with Crippen LogP contribution in [-0.2, 0) is 6.18 Å². The number of pyridine rings is 1. The molecule has 3 rings (SSSR count). The number of piperidine rings is 1. The summed E-state index contributed by atoms with van der Waals surface area (Å²) < 4.78 is 50.1. The number of aromatic nitrogens is 1. The van der Waals surface area contributed by atoms with Crippen LogP contribution >= 0.6 is 0 Å². The number of nitrogens with zero attached hydrogens (tertiary/aromatic N) is 1. The highest BCUT2D eigenvalue weighted by Gasteiger charge is 2.30. The Balaban J connectivity index is 1.75. The van der Waals surface area contributed by atoms with Gasteiger partial charge in [-0.25, -0.2) is 4.98 Å². The van der Waals surface area contributed by atoms with E-state index in [2.05, 4.69) is 10.3 Å². The van der Waals surface area contributed by atoms with Crippen molar-refractivity contribution in [3.8, 4) is 17.4 Å². The first-order valence-corrected chi connectivity index (χ1v) is 8.58. The molecule has 26 heavy (non-hydrogen) atoms. The maximum absolute atomic E-state index is 12.9. The van der Waals surface area contributed by atoms with Gasteiger partial charge >= 0.3 is 6.18 Å². The molecule has 1 aliphatic heterocycles. The zero-order valence-corrected chi connectivity index (χ0v) is 14.5. The predicted molar refractivity (Wildman–Crippen MR) is 91.6 cm³/mol. The number of alkyl halides is 3. The number of hydrogen-bond donors (Lipinski definition) is 1. The second-order valence-electron chi connectivity index (χ2n) is 6.41. The largest absolute Gasteiger partial charge is 0.488 e. The fourth-order valence-corrected chi connectivity index (χ4v) is 2.82. The summed E-state index contributed by atoms with van der Waals surface area (Å²) in [5.41, 5.74) is -0.0722. The molecule has 2 aromatic rings. The number of benzene rings is 1. The Bertz CT molecular complexity index is 744. The van der Waals surface area contributed by atoms with Gasteiger partial charge in [0.25, 0.3) is 5.88 Å². The Morgan fingerprint density at radius 2 is 2.08 bits per heavy atom. The summed E-state index contributed by atoms with van der Waals surface area (Å²) in [4.78, 5) is 4.28. The lowest BCUT2D eigenvalue weighted by Gasteiger charge is -2.23. The molecular formula is C19H21F3N2O2. The monoisotopic (exact) mass is 366 g/mol. The molecule has 2 heterocycles. The minimum absolute atomic E-state index is 0.0714. The van der Waals surface area contributed by atoms with Crippen LogP contribution in [0.25, 0.3) is 0 Å². The second kappa shape index (κ2) is 7.95. The topological polar surface area (TPSA) is 43.4 Å². The van der Waals surface area contributed by atoms with Gasteiger partial charge in [-0.3, -0.25) is 0 Å². The van der Waals surface area contributed by atoms with Crippen LogP contribution in [0, 0.1) is 12.8 Å². The maximum atomic E-state index is 12.9. The van der Waals surface area contributed by atoms with Crippen LogP contribution in [0.1, 0.15) is 24.1 Å². The van der Waals surface area contributed by atoms with Crippen LogP contribution in [0.4, 0.5) is 13.2 Å². The highest BCUT2D eigenvalue weighted by atomic mass is 19.4. The summed E-state index contributed by atoms with van der Waals surface area (Å²) in [7, 11) is 0. The Labute approximate surface area is 150 Å². The zero-order valence-electron chi connectivity index (χ0n) is 14.5. The average Bonchev–Trinajstić information content (AvgIpc) is 2.61. The maximum Gasteiger partial charge on any atom is 0.416 e. The van der Waals surface area contributed by atoms with Gasteiger partial charge in [0.15, 0.2) is 5.75 Å². The molecule has 1 saturated heterocycles. The third-order valence-corrected chi connectivity index (χ3v) is 4.21. The number of nitrogens with one attached hydrogen (secondary N) is 1. The van der Waals surface area contributed by atoms with Gasteiger partial charge in [0.05, 0.1) is 12.2 Å². The quantitative estimate of drug-likeness (QED) is 0.841. The molecule has 1 aliphatic rings. The number of aryl methyl sites for hydroxylation is 1. The summed E-state index contributed by atoms with van der Waals surface area (Å²) in [5.74, 6) is 1.07. The molecule has 4 nitrogen and oxygen atoms in total. The molecule has 0 aliphatic carbocycles. The predicted octanol–water partition coefficient (Wildman–Crippen LogP) is 4.58. The highest BCUT2D eigenvalue weighted by Crippen LogP contribution is 2.35. The highest BCUT2D eigenvalue weighted by molar-refractivity contribution is 5.40. The van der Waals surface area contributed by atoms with Gasteiger partial charge in [0.1, 0.15) is 5.75 Å². The van der Waals surface area contributed by atoms with E-state index in [1.807, 2.05) is 0 Å². The SMILES string of the molecule is Cc1ccc(OC[C@H]2CCCNC2)c(Oc2cccc(C(F)(F)F)c2)n1. The van der Waals surface area contributed by atoms with Crippen molar-refractivity contribution < 1.29 is 22.6 Å². The summed E-state index contributed by atoms with van der Waals surface area (Å²) in [5, 5.41) is 3.32. The fraction of sp³-hybridized carbons (Fsp3) is 0.421. The first kappa shape index (κ1) is 18.5. The zero-order chi connectivity index (χ0) is 18.6. The molecule has 1 aromatic carbocycles. The normalized spacial score (nSPS) is 17.8. The Hall–Kier alpha value is -2.28. The molecule has 0 bridgehead atoms. The van der Waals surface area contributed by atoms with Crippen molar-refractivity contribution in [3.05, 3.63) is 47.7 Å². The van der Waals surface area contributed by atoms with Gasteiger partial charge < -0.3 is 14.8 Å². The number of hydrogen-bond acceptors (Lipinski definition) is 4. The van der Waals surface area contributed by atoms with Crippen molar-refractivity contribution in [3.63, 3.8) is 0 Å². The number of halogens is 3. The molecule has 1 fully saturated rings. The van der Waals surface area contributed by atoms with E-state index in [1.165, 1.54) is 12.1 Å². The van der Waals surface area contributed by atoms with E-state index in [0.717, 1.165) is 38.1 Å². The molecule has 7 heteroatoms. The van der Waals surface area contributed by atoms with Crippen LogP contribution in [0.2, 0.25) is 0 Å². The third kappa shape index (κ3) is 4.88. The van der Waals surface area contributed by atoms with Gasteiger partial charge in [0.2, 0.25) is 0 Å². The van der Waals surface area contributed by atoms with E-state index < -0.39 is 11.7 Å². The van der Waals surface area contributed by atoms with E-state index in [0.29, 0.717) is 24.0 Å². The van der Waals surface area contributed by atoms with Gasteiger partial charge in [0, 0.05) is 18.2 Å². The van der Waals surface area contributed by atoms with Gasteiger partial charge in [-0.2, -0.15) is 13.2 Å². The smallest absolute Gasteiger partial charge is 0.416 e. The molecule has 1 atom stereocenters. The molecule has 1 N–H and O–H groups in total. The number of rotatable bonds is 5. The molecule has 0 radical (unpaired) electrons. The summed E-state index contributed by atoms with van der Waals surface area (Å²) in [6.07, 6.45) is -2.24. The lowest BCUT2D eigenvalue weighted by molar-refractivity contribution is -0.137. The Morgan fingerprint density at radius 3 is 2.81 bits per heavy atom. The van der Waals surface area contributed by atoms with Crippen molar-refractivity contribution >= 4 is 0 Å². The molecular weight excluding hydrogens is 345 g/mol. The standard InChI is InChI=1S/C19H21F3N2O2/c1-13-7-8-17(25-12-14-4-3-9-23-11-14)18(24-13)26-16-6-2-5-15(10-16)19(20,21)22/h2,5-8,10,14,23H,3-4,9,11-12H2,1H3/t14-/m0/s1. The van der Waals surface area contributed by atoms with E-state index in [9.17, 15) is 13.2 Å². The average molecular weight is 366 g/mol. The van der Waals surface area contributed by atoms with Crippen molar-refractivity contribution in [2.45, 2.75) is 25.9 Å². The van der Waals surface area contributed by atoms with Gasteiger partial charge in [-0.1, -0.05) is 6.07 Å². The second-order valence-corrected chi connectivity index (χ2v) is 6.41. The van der Waals surface area contributed by atoms with Crippen molar-refractivity contribution in [2.24, 2.45) is 5.92 Å². The van der Waals surface area contributed by atoms with Gasteiger partial charge in [-0.05, 0) is 56.6 Å². The molecule has 1 aromatic heterocycles. The van der Waals surface area contributed by atoms with Crippen molar-refractivity contribution in [1.29, 1.82) is 0 Å². The van der Waals surface area contributed by atoms with E-state index >= 15 is 0 Å². The van der Waals surface area contributed by atoms with E-state index in [4.69, 9.17) is 9.47 Å². The van der Waals surface area contributed by atoms with Gasteiger partial charge in [-0.15, -0.1) is 0 Å². The number of ether oxygens (including phenoxy) is 2. The van der Waals surface area contributed by atoms with Crippen LogP contribution in [0.5, 0.6) is 17.4 Å². The van der Waals surface area contributed by atoms with Crippen LogP contribution in [-0.4, -0.2) is 24.7 Å². The Morgan fingerprint density at radius 1 is 1.23 bits per heavy atom.